The Morgan fingerprint density at radius 1 is 0.933 bits per heavy atom. The van der Waals surface area contributed by atoms with Crippen LogP contribution in [0.2, 0.25) is 0 Å². The monoisotopic (exact) mass is 209 g/mol. The molecule has 0 aromatic carbocycles. The molecule has 0 radical (unpaired) electrons. The van der Waals surface area contributed by atoms with Crippen molar-refractivity contribution in [2.75, 3.05) is 19.8 Å². The van der Waals surface area contributed by atoms with Crippen molar-refractivity contribution in [3.8, 4) is 0 Å². The second-order valence-electron chi connectivity index (χ2n) is 5.63. The predicted molar refractivity (Wildman–Crippen MR) is 60.8 cm³/mol. The van der Waals surface area contributed by atoms with Gasteiger partial charge in [0.15, 0.2) is 0 Å². The SMILES string of the molecule is C1CC(C2CCC2CNC2CC2)CCO1. The molecular formula is C13H23NO. The number of hydrogen-bond acceptors (Lipinski definition) is 2. The summed E-state index contributed by atoms with van der Waals surface area (Å²) >= 11 is 0. The van der Waals surface area contributed by atoms with Crippen LogP contribution < -0.4 is 5.32 Å². The first-order valence-corrected chi connectivity index (χ1v) is 6.74. The average molecular weight is 209 g/mol. The number of ether oxygens (including phenoxy) is 1. The topological polar surface area (TPSA) is 21.3 Å². The van der Waals surface area contributed by atoms with Gasteiger partial charge in [0.2, 0.25) is 0 Å². The largest absolute Gasteiger partial charge is 0.381 e. The van der Waals surface area contributed by atoms with Crippen LogP contribution in [0.4, 0.5) is 0 Å². The van der Waals surface area contributed by atoms with Crippen molar-refractivity contribution in [1.82, 2.24) is 5.32 Å². The third-order valence-electron chi connectivity index (χ3n) is 4.59. The van der Waals surface area contributed by atoms with Crippen LogP contribution in [0.3, 0.4) is 0 Å². The Morgan fingerprint density at radius 2 is 1.73 bits per heavy atom. The molecule has 2 saturated carbocycles. The van der Waals surface area contributed by atoms with Crippen molar-refractivity contribution >= 4 is 0 Å². The van der Waals surface area contributed by atoms with Crippen molar-refractivity contribution in [3.63, 3.8) is 0 Å². The first-order valence-electron chi connectivity index (χ1n) is 6.74. The molecule has 1 heterocycles. The molecule has 1 saturated heterocycles. The summed E-state index contributed by atoms with van der Waals surface area (Å²) in [4.78, 5) is 0. The third-order valence-corrected chi connectivity index (χ3v) is 4.59. The molecule has 15 heavy (non-hydrogen) atoms. The number of rotatable bonds is 4. The van der Waals surface area contributed by atoms with Crippen LogP contribution in [0, 0.1) is 17.8 Å². The molecule has 2 aliphatic carbocycles. The van der Waals surface area contributed by atoms with Gasteiger partial charge in [-0.05, 0) is 62.8 Å². The predicted octanol–water partition coefficient (Wildman–Crippen LogP) is 2.19. The van der Waals surface area contributed by atoms with Gasteiger partial charge in [0.05, 0.1) is 0 Å². The van der Waals surface area contributed by atoms with Gasteiger partial charge in [-0.25, -0.2) is 0 Å². The maximum Gasteiger partial charge on any atom is 0.0468 e. The molecule has 1 N–H and O–H groups in total. The molecule has 3 fully saturated rings. The first-order chi connectivity index (χ1) is 7.43. The minimum atomic E-state index is 0.890. The van der Waals surface area contributed by atoms with E-state index in [-0.39, 0.29) is 0 Å². The Balaban J connectivity index is 1.43. The minimum absolute atomic E-state index is 0.890. The zero-order valence-corrected chi connectivity index (χ0v) is 9.58. The molecule has 2 atom stereocenters. The van der Waals surface area contributed by atoms with Crippen LogP contribution in [0.15, 0.2) is 0 Å². The highest BCUT2D eigenvalue weighted by Gasteiger charge is 2.37. The molecule has 0 aromatic rings. The quantitative estimate of drug-likeness (QED) is 0.766. The van der Waals surface area contributed by atoms with E-state index in [2.05, 4.69) is 5.32 Å². The Labute approximate surface area is 92.8 Å². The van der Waals surface area contributed by atoms with Crippen LogP contribution in [0.25, 0.3) is 0 Å². The van der Waals surface area contributed by atoms with E-state index in [0.29, 0.717) is 0 Å². The summed E-state index contributed by atoms with van der Waals surface area (Å²) in [7, 11) is 0. The van der Waals surface area contributed by atoms with Crippen LogP contribution in [0.5, 0.6) is 0 Å². The number of nitrogens with one attached hydrogen (secondary N) is 1. The molecule has 0 spiro atoms. The van der Waals surface area contributed by atoms with Crippen molar-refractivity contribution in [2.24, 2.45) is 17.8 Å². The smallest absolute Gasteiger partial charge is 0.0468 e. The normalized spacial score (nSPS) is 37.6. The summed E-state index contributed by atoms with van der Waals surface area (Å²) in [5, 5.41) is 3.70. The summed E-state index contributed by atoms with van der Waals surface area (Å²) in [6.07, 6.45) is 8.46. The third kappa shape index (κ3) is 2.36. The maximum absolute atomic E-state index is 5.45. The van der Waals surface area contributed by atoms with E-state index >= 15 is 0 Å². The Kier molecular flexibility index (Phi) is 2.98. The molecule has 86 valence electrons. The van der Waals surface area contributed by atoms with Crippen LogP contribution in [-0.2, 0) is 4.74 Å². The first kappa shape index (κ1) is 10.1. The Hall–Kier alpha value is -0.0800. The summed E-state index contributed by atoms with van der Waals surface area (Å²) < 4.78 is 5.45. The van der Waals surface area contributed by atoms with E-state index in [9.17, 15) is 0 Å². The van der Waals surface area contributed by atoms with Crippen LogP contribution in [0.1, 0.15) is 38.5 Å². The lowest BCUT2D eigenvalue weighted by atomic mass is 9.65. The molecule has 2 heteroatoms. The van der Waals surface area contributed by atoms with E-state index < -0.39 is 0 Å². The van der Waals surface area contributed by atoms with Gasteiger partial charge >= 0.3 is 0 Å². The lowest BCUT2D eigenvalue weighted by Crippen LogP contribution is -2.41. The minimum Gasteiger partial charge on any atom is -0.381 e. The van der Waals surface area contributed by atoms with Crippen molar-refractivity contribution < 1.29 is 4.74 Å². The lowest BCUT2D eigenvalue weighted by Gasteiger charge is -2.43. The standard InChI is InChI=1S/C13H23NO/c1-4-13(10-5-7-15-8-6-10)11(1)9-14-12-2-3-12/h10-14H,1-9H2. The van der Waals surface area contributed by atoms with Crippen LogP contribution >= 0.6 is 0 Å². The molecule has 3 aliphatic rings. The Bertz CT molecular complexity index is 209. The molecular weight excluding hydrogens is 186 g/mol. The van der Waals surface area contributed by atoms with Gasteiger partial charge in [-0.15, -0.1) is 0 Å². The Morgan fingerprint density at radius 3 is 2.33 bits per heavy atom. The highest BCUT2D eigenvalue weighted by Crippen LogP contribution is 2.43. The summed E-state index contributed by atoms with van der Waals surface area (Å²) in [5.41, 5.74) is 0. The zero-order valence-electron chi connectivity index (χ0n) is 9.58. The second kappa shape index (κ2) is 4.42. The number of hydrogen-bond donors (Lipinski definition) is 1. The van der Waals surface area contributed by atoms with Gasteiger partial charge in [0.25, 0.3) is 0 Å². The highest BCUT2D eigenvalue weighted by atomic mass is 16.5. The average Bonchev–Trinajstić information content (AvgIpc) is 3.02. The zero-order chi connectivity index (χ0) is 10.1. The molecule has 0 amide bonds. The molecule has 0 bridgehead atoms. The van der Waals surface area contributed by atoms with Gasteiger partial charge < -0.3 is 10.1 Å². The van der Waals surface area contributed by atoms with E-state index in [1.807, 2.05) is 0 Å². The van der Waals surface area contributed by atoms with Gasteiger partial charge in [0.1, 0.15) is 0 Å². The fourth-order valence-corrected chi connectivity index (χ4v) is 3.22. The lowest BCUT2D eigenvalue weighted by molar-refractivity contribution is 0.00365. The fourth-order valence-electron chi connectivity index (χ4n) is 3.22. The molecule has 2 nitrogen and oxygen atoms in total. The van der Waals surface area contributed by atoms with E-state index in [0.717, 1.165) is 37.0 Å². The molecule has 2 unspecified atom stereocenters. The summed E-state index contributed by atoms with van der Waals surface area (Å²) in [6.45, 7) is 3.33. The van der Waals surface area contributed by atoms with Gasteiger partial charge in [-0.2, -0.15) is 0 Å². The van der Waals surface area contributed by atoms with E-state index in [1.165, 1.54) is 45.1 Å². The highest BCUT2D eigenvalue weighted by molar-refractivity contribution is 4.90. The fraction of sp³-hybridized carbons (Fsp3) is 1.00. The van der Waals surface area contributed by atoms with Crippen molar-refractivity contribution in [2.45, 2.75) is 44.6 Å². The van der Waals surface area contributed by atoms with Gasteiger partial charge in [0, 0.05) is 19.3 Å². The van der Waals surface area contributed by atoms with Gasteiger partial charge in [-0.3, -0.25) is 0 Å². The van der Waals surface area contributed by atoms with Crippen molar-refractivity contribution in [3.05, 3.63) is 0 Å². The van der Waals surface area contributed by atoms with E-state index in [1.54, 1.807) is 0 Å². The van der Waals surface area contributed by atoms with E-state index in [4.69, 9.17) is 4.74 Å². The second-order valence-corrected chi connectivity index (χ2v) is 5.63. The summed E-state index contributed by atoms with van der Waals surface area (Å²) in [5.74, 6) is 3.01. The molecule has 3 rings (SSSR count). The van der Waals surface area contributed by atoms with Crippen molar-refractivity contribution in [1.29, 1.82) is 0 Å². The molecule has 0 aromatic heterocycles. The summed E-state index contributed by atoms with van der Waals surface area (Å²) in [6, 6.07) is 0.890. The maximum atomic E-state index is 5.45. The van der Waals surface area contributed by atoms with Gasteiger partial charge in [-0.1, -0.05) is 0 Å². The molecule has 1 aliphatic heterocycles. The van der Waals surface area contributed by atoms with Crippen LogP contribution in [-0.4, -0.2) is 25.8 Å².